The SMILES string of the molecule is CCN(CC)CCN1CCCCc2[nH]c(C=O)c(C)c2C1=O.CCOC(=O)c1c(/C=C/CCBr)[nH]c(C(=O)OC(C)(C)C)c1C.CCOC(=O)c1c(C(O)C2CC2)[nH]c(C(=O)OC(C)(C)C)c1C.CCOC(=O)c1c(C=O)[nH]c(C(=O)OC(C)(C)C)c1C.CCOC(=O)c1c(CCCCBr)[nH]c(C(=O)OC(C)(C)C)c1C.CCOC(=O)c1c(CCCCN(CC)CC)[nH]c(C(=O)OC(C)(C)C)c1C. The van der Waals surface area contributed by atoms with Crippen molar-refractivity contribution in [1.29, 1.82) is 0 Å². The minimum Gasteiger partial charge on any atom is -0.462 e. The Balaban J connectivity index is 0.000000427. The molecule has 1 atom stereocenters. The first-order chi connectivity index (χ1) is 64.5. The molecule has 2 aliphatic rings. The number of ether oxygens (including phenoxy) is 10. The Morgan fingerprint density at radius 2 is 0.754 bits per heavy atom. The van der Waals surface area contributed by atoms with Gasteiger partial charge in [0, 0.05) is 47.4 Å². The number of hydrogen-bond donors (Lipinski definition) is 7. The average molecular weight is 2070 g/mol. The lowest BCUT2D eigenvalue weighted by atomic mass is 10.0. The monoisotopic (exact) mass is 2060 g/mol. The first kappa shape index (κ1) is 122. The van der Waals surface area contributed by atoms with E-state index in [1.54, 1.807) is 138 Å². The topological polar surface area (TPSA) is 439 Å². The lowest BCUT2D eigenvalue weighted by molar-refractivity contribution is 0.00497. The molecule has 7 N–H and O–H groups in total. The van der Waals surface area contributed by atoms with Gasteiger partial charge >= 0.3 is 59.7 Å². The minimum atomic E-state index is -0.802. The van der Waals surface area contributed by atoms with E-state index in [9.17, 15) is 67.4 Å². The predicted octanol–water partition coefficient (Wildman–Crippen LogP) is 20.0. The number of H-pyrrole nitrogens is 6. The third-order valence-electron chi connectivity index (χ3n) is 21.5. The van der Waals surface area contributed by atoms with Gasteiger partial charge in [-0.1, -0.05) is 65.6 Å². The molecule has 8 rings (SSSR count). The summed E-state index contributed by atoms with van der Waals surface area (Å²) < 4.78 is 52.2. The lowest BCUT2D eigenvalue weighted by Crippen LogP contribution is -2.40. The summed E-state index contributed by atoms with van der Waals surface area (Å²) in [5.74, 6) is -4.77. The fourth-order valence-electron chi connectivity index (χ4n) is 14.6. The number of hydrogen-bond acceptors (Lipinski definition) is 26. The van der Waals surface area contributed by atoms with E-state index in [4.69, 9.17) is 47.4 Å². The number of aryl methyl sites for hydroxylation is 3. The quantitative estimate of drug-likeness (QED) is 0.00622. The zero-order valence-corrected chi connectivity index (χ0v) is 90.7. The van der Waals surface area contributed by atoms with Crippen LogP contribution in [-0.4, -0.2) is 252 Å². The van der Waals surface area contributed by atoms with Gasteiger partial charge in [-0.2, -0.15) is 0 Å². The van der Waals surface area contributed by atoms with Crippen molar-refractivity contribution in [1.82, 2.24) is 44.6 Å². The Kier molecular flexibility index (Phi) is 50.8. The van der Waals surface area contributed by atoms with E-state index < -0.39 is 87.8 Å². The van der Waals surface area contributed by atoms with Gasteiger partial charge in [0.2, 0.25) is 0 Å². The number of aliphatic hydroxyl groups excluding tert-OH is 1. The van der Waals surface area contributed by atoms with Crippen LogP contribution < -0.4 is 0 Å². The van der Waals surface area contributed by atoms with Gasteiger partial charge in [-0.05, 0) is 335 Å². The van der Waals surface area contributed by atoms with Crippen molar-refractivity contribution in [2.45, 2.75) is 319 Å². The van der Waals surface area contributed by atoms with Crippen LogP contribution in [0.5, 0.6) is 0 Å². The Bertz CT molecular complexity index is 5060. The zero-order valence-electron chi connectivity index (χ0n) is 87.5. The van der Waals surface area contributed by atoms with Crippen LogP contribution in [0.4, 0.5) is 0 Å². The maximum absolute atomic E-state index is 12.9. The maximum atomic E-state index is 12.9. The fourth-order valence-corrected chi connectivity index (χ4v) is 15.3. The van der Waals surface area contributed by atoms with E-state index >= 15 is 0 Å². The molecule has 772 valence electrons. The number of fused-ring (bicyclic) bond motifs is 1. The number of allylic oxidation sites excluding steroid dienone is 1. The number of likely N-dealkylation sites (N-methyl/N-ethyl adjacent to an activating group) is 1. The number of aldehydes is 2. The van der Waals surface area contributed by atoms with Gasteiger partial charge < -0.3 is 97.1 Å². The van der Waals surface area contributed by atoms with E-state index in [1.165, 1.54) is 0 Å². The van der Waals surface area contributed by atoms with Crippen LogP contribution in [-0.2, 0) is 66.6 Å². The summed E-state index contributed by atoms with van der Waals surface area (Å²) in [4.78, 5) is 182. The van der Waals surface area contributed by atoms with Crippen molar-refractivity contribution in [2.24, 2.45) is 5.92 Å². The molecule has 1 unspecified atom stereocenters. The van der Waals surface area contributed by atoms with Crippen LogP contribution in [0.1, 0.15) is 427 Å². The summed E-state index contributed by atoms with van der Waals surface area (Å²) in [6.45, 7) is 63.2. The zero-order chi connectivity index (χ0) is 105. The Morgan fingerprint density at radius 1 is 0.413 bits per heavy atom. The van der Waals surface area contributed by atoms with Crippen molar-refractivity contribution in [2.75, 3.05) is 96.1 Å². The summed E-state index contributed by atoms with van der Waals surface area (Å²) in [5.41, 5.74) is 7.69. The number of amides is 1. The number of carbonyl (C=O) groups excluding carboxylic acids is 13. The molecule has 0 spiro atoms. The summed E-state index contributed by atoms with van der Waals surface area (Å²) in [6, 6.07) is 0. The standard InChI is InChI=1S/C21H36N2O4.C17H26BrNO4.C17H24BrNO4.C17H27N3O2.C17H25NO5.C14H19NO5/c1-8-23(9-2)14-12-11-13-16-17(19(24)26-10-3)15(4)18(22-16)20(25)27-21(5,6)7;2*1-6-22-15(20)13-11(2)14(16(21)23-17(3,4)5)19-12(13)9-7-8-10-18;1-4-19(5-2)10-11-20-9-7-6-8-14-16(17(20)22)13(3)15(12-21)18-14;1-6-22-15(20)11-9(2)12(16(21)23-17(3,4)5)18-13(11)14(19)10-7-8-10;1-6-19-12(17)10-8(2)11(15-9(10)7-16)13(18)20-14(3,4)5/h22H,8-14H2,1-7H3;19H,6-10H2,1-5H3;7,9,19H,6,8,10H2,1-5H3;12,18H,4-11H2,1-3H3;10,14,18-19H,6-8H2,1-5H3;7,15H,6H2,1-5H3/b;;9-7+;;;. The molecule has 0 aromatic carbocycles. The second-order valence-corrected chi connectivity index (χ2v) is 39.7. The first-order valence-corrected chi connectivity index (χ1v) is 50.2. The molecular formula is C103H157Br2N9O24. The van der Waals surface area contributed by atoms with Crippen LogP contribution in [0.3, 0.4) is 0 Å². The summed E-state index contributed by atoms with van der Waals surface area (Å²) >= 11 is 6.74. The number of esters is 10. The number of nitrogens with zero attached hydrogens (tertiary/aromatic N) is 3. The molecular weight excluding hydrogens is 1910 g/mol. The maximum Gasteiger partial charge on any atom is 0.355 e. The largest absolute Gasteiger partial charge is 0.462 e. The molecule has 1 aliphatic carbocycles. The van der Waals surface area contributed by atoms with Crippen molar-refractivity contribution in [3.05, 3.63) is 141 Å². The van der Waals surface area contributed by atoms with Gasteiger partial charge in [-0.3, -0.25) is 14.4 Å². The van der Waals surface area contributed by atoms with Crippen molar-refractivity contribution in [3.8, 4) is 0 Å². The van der Waals surface area contributed by atoms with E-state index in [0.717, 1.165) is 162 Å². The number of aromatic amines is 6. The molecule has 35 heteroatoms. The number of alkyl halides is 2. The molecule has 7 heterocycles. The van der Waals surface area contributed by atoms with Crippen LogP contribution >= 0.6 is 31.9 Å². The molecule has 6 aromatic heterocycles. The summed E-state index contributed by atoms with van der Waals surface area (Å²) in [7, 11) is 0. The highest BCUT2D eigenvalue weighted by Crippen LogP contribution is 2.43. The highest BCUT2D eigenvalue weighted by Gasteiger charge is 2.39. The van der Waals surface area contributed by atoms with Gasteiger partial charge in [0.1, 0.15) is 56.5 Å². The van der Waals surface area contributed by atoms with Gasteiger partial charge in [-0.25, -0.2) is 47.9 Å². The summed E-state index contributed by atoms with van der Waals surface area (Å²) in [5, 5.41) is 12.1. The Morgan fingerprint density at radius 3 is 1.12 bits per heavy atom. The number of aromatic nitrogens is 6. The van der Waals surface area contributed by atoms with Gasteiger partial charge in [0.15, 0.2) is 12.6 Å². The second kappa shape index (κ2) is 57.5. The molecule has 0 radical (unpaired) electrons. The minimum absolute atomic E-state index is 0.0156. The highest BCUT2D eigenvalue weighted by atomic mass is 79.9. The number of unbranched alkanes of at least 4 members (excludes halogenated alkanes) is 2. The van der Waals surface area contributed by atoms with Gasteiger partial charge in [0.25, 0.3) is 5.91 Å². The molecule has 0 saturated heterocycles. The molecule has 33 nitrogen and oxygen atoms in total. The van der Waals surface area contributed by atoms with Crippen LogP contribution in [0.15, 0.2) is 6.08 Å². The molecule has 1 aliphatic heterocycles. The lowest BCUT2D eigenvalue weighted by Gasteiger charge is -2.28. The number of carbonyl (C=O) groups is 13. The molecule has 1 saturated carbocycles. The molecule has 0 bridgehead atoms. The third kappa shape index (κ3) is 38.4. The van der Waals surface area contributed by atoms with Crippen LogP contribution in [0, 0.1) is 47.5 Å². The number of halogens is 2. The van der Waals surface area contributed by atoms with E-state index in [0.29, 0.717) is 105 Å². The van der Waals surface area contributed by atoms with Crippen LogP contribution in [0.25, 0.3) is 6.08 Å². The Hall–Kier alpha value is -10.2. The average Bonchev–Trinajstić information content (AvgIpc) is 1.61. The van der Waals surface area contributed by atoms with Crippen molar-refractivity contribution >= 4 is 116 Å². The number of rotatable bonds is 38. The van der Waals surface area contributed by atoms with Crippen molar-refractivity contribution < 1.29 is 115 Å². The molecule has 1 fully saturated rings. The van der Waals surface area contributed by atoms with Crippen LogP contribution in [0.2, 0.25) is 0 Å². The predicted molar refractivity (Wildman–Crippen MR) is 539 cm³/mol. The molecule has 1 amide bonds. The number of aliphatic hydroxyl groups is 1. The molecule has 138 heavy (non-hydrogen) atoms. The van der Waals surface area contributed by atoms with Gasteiger partial charge in [-0.15, -0.1) is 0 Å². The molecule has 6 aromatic rings. The number of nitrogens with one attached hydrogen (secondary N) is 6. The van der Waals surface area contributed by atoms with Crippen molar-refractivity contribution in [3.63, 3.8) is 0 Å². The van der Waals surface area contributed by atoms with E-state index in [1.807, 2.05) is 59.4 Å². The first-order valence-electron chi connectivity index (χ1n) is 48.0. The smallest absolute Gasteiger partial charge is 0.355 e. The fraction of sp³-hybridized carbons (Fsp3) is 0.621. The highest BCUT2D eigenvalue weighted by molar-refractivity contribution is 9.09. The Labute approximate surface area is 832 Å². The third-order valence-corrected chi connectivity index (χ3v) is 22.5. The summed E-state index contributed by atoms with van der Waals surface area (Å²) in [6.07, 6.45) is 14.9. The second-order valence-electron chi connectivity index (χ2n) is 38.1. The van der Waals surface area contributed by atoms with Gasteiger partial charge in [0.05, 0.1) is 95.3 Å². The normalized spacial score (nSPS) is 12.9. The van der Waals surface area contributed by atoms with E-state index in [-0.39, 0.29) is 71.5 Å². The van der Waals surface area contributed by atoms with E-state index in [2.05, 4.69) is 99.3 Å².